The zero-order valence-corrected chi connectivity index (χ0v) is 23.3. The van der Waals surface area contributed by atoms with E-state index in [0.717, 1.165) is 17.8 Å². The minimum absolute atomic E-state index is 0.151. The number of nitrogens with zero attached hydrogens (tertiary/aromatic N) is 1. The van der Waals surface area contributed by atoms with Gasteiger partial charge in [-0.3, -0.25) is 4.98 Å². The van der Waals surface area contributed by atoms with Crippen molar-refractivity contribution in [3.05, 3.63) is 35.7 Å². The number of aromatic nitrogens is 1. The summed E-state index contributed by atoms with van der Waals surface area (Å²) in [4.78, 5) is 4.87. The molecule has 192 valence electrons. The van der Waals surface area contributed by atoms with Gasteiger partial charge in [-0.05, 0) is 133 Å². The van der Waals surface area contributed by atoms with E-state index in [1.165, 1.54) is 81.0 Å². The number of allylic oxidation sites excluding steroid dienone is 2. The van der Waals surface area contributed by atoms with Crippen molar-refractivity contribution in [2.45, 2.75) is 106 Å². The van der Waals surface area contributed by atoms with E-state index in [1.807, 2.05) is 6.20 Å². The number of hydrogen-bond donors (Lipinski definition) is 1. The summed E-state index contributed by atoms with van der Waals surface area (Å²) < 4.78 is 0. The highest BCUT2D eigenvalue weighted by atomic mass is 16.3. The Morgan fingerprint density at radius 2 is 1.66 bits per heavy atom. The third kappa shape index (κ3) is 3.01. The van der Waals surface area contributed by atoms with E-state index in [4.69, 9.17) is 4.98 Å². The first kappa shape index (κ1) is 24.2. The lowest BCUT2D eigenvalue weighted by Crippen LogP contribution is -2.65. The quantitative estimate of drug-likeness (QED) is 0.467. The van der Waals surface area contributed by atoms with Gasteiger partial charge in [-0.1, -0.05) is 53.2 Å². The van der Waals surface area contributed by atoms with Gasteiger partial charge in [-0.15, -0.1) is 0 Å². The molecule has 35 heavy (non-hydrogen) atoms. The minimum Gasteiger partial charge on any atom is -0.396 e. The van der Waals surface area contributed by atoms with E-state index in [9.17, 15) is 5.11 Å². The molecule has 2 heteroatoms. The lowest BCUT2D eigenvalue weighted by Gasteiger charge is -2.72. The molecule has 0 spiro atoms. The Morgan fingerprint density at radius 1 is 0.857 bits per heavy atom. The molecule has 1 aromatic heterocycles. The van der Waals surface area contributed by atoms with Gasteiger partial charge in [0.1, 0.15) is 0 Å². The first-order chi connectivity index (χ1) is 16.5. The topological polar surface area (TPSA) is 33.1 Å². The summed E-state index contributed by atoms with van der Waals surface area (Å²) in [5.74, 6) is 3.08. The van der Waals surface area contributed by atoms with Crippen molar-refractivity contribution < 1.29 is 5.11 Å². The summed E-state index contributed by atoms with van der Waals surface area (Å²) in [5, 5.41) is 10.5. The molecular formula is C33H49NO. The van der Waals surface area contributed by atoms with Crippen LogP contribution in [0.15, 0.2) is 24.4 Å². The molecule has 2 nitrogen and oxygen atoms in total. The molecule has 0 saturated heterocycles. The summed E-state index contributed by atoms with van der Waals surface area (Å²) in [6.07, 6.45) is 17.9. The SMILES string of the molecule is Cc1ccc(C2=CCC3(C)C(CCC4(C)C3CCC3C5CCCC5(CO)CC[C@]34C)C2(C)C)nc1. The van der Waals surface area contributed by atoms with Crippen LogP contribution in [0, 0.1) is 57.7 Å². The molecule has 4 saturated carbocycles. The van der Waals surface area contributed by atoms with Crippen LogP contribution in [-0.2, 0) is 0 Å². The van der Waals surface area contributed by atoms with Crippen LogP contribution < -0.4 is 0 Å². The number of aryl methyl sites for hydroxylation is 1. The molecular weight excluding hydrogens is 426 g/mol. The number of aliphatic hydroxyl groups is 1. The van der Waals surface area contributed by atoms with Crippen molar-refractivity contribution in [2.24, 2.45) is 50.7 Å². The van der Waals surface area contributed by atoms with Gasteiger partial charge in [0, 0.05) is 12.8 Å². The second-order valence-electron chi connectivity index (χ2n) is 15.0. The van der Waals surface area contributed by atoms with Gasteiger partial charge in [-0.25, -0.2) is 0 Å². The molecule has 8 atom stereocenters. The van der Waals surface area contributed by atoms with Crippen molar-refractivity contribution in [1.82, 2.24) is 4.98 Å². The van der Waals surface area contributed by atoms with Crippen LogP contribution in [0.4, 0.5) is 0 Å². The van der Waals surface area contributed by atoms with E-state index < -0.39 is 0 Å². The highest BCUT2D eigenvalue weighted by Gasteiger charge is 2.69. The fourth-order valence-electron chi connectivity index (χ4n) is 11.6. The maximum absolute atomic E-state index is 10.5. The number of aliphatic hydroxyl groups excluding tert-OH is 1. The maximum atomic E-state index is 10.5. The Hall–Kier alpha value is -1.15. The van der Waals surface area contributed by atoms with Gasteiger partial charge in [0.2, 0.25) is 0 Å². The van der Waals surface area contributed by atoms with Crippen LogP contribution in [0.1, 0.15) is 110 Å². The Labute approximate surface area is 214 Å². The molecule has 5 aliphatic carbocycles. The molecule has 0 aliphatic heterocycles. The molecule has 1 N–H and O–H groups in total. The van der Waals surface area contributed by atoms with Crippen molar-refractivity contribution in [3.63, 3.8) is 0 Å². The number of fused-ring (bicyclic) bond motifs is 7. The molecule has 0 amide bonds. The number of rotatable bonds is 2. The second kappa shape index (κ2) is 7.68. The van der Waals surface area contributed by atoms with Crippen molar-refractivity contribution in [2.75, 3.05) is 6.61 Å². The Kier molecular flexibility index (Phi) is 5.31. The standard InChI is InChI=1S/C33H49NO/c1-22-9-11-26(34-20-22)25-13-16-30(4)27(29(25,2)3)14-17-32(6)28(30)12-10-23-24-8-7-15-33(24,21-35)19-18-31(23,32)5/h9,11,13,20,23-24,27-28,35H,7-8,10,12,14-19,21H2,1-6H3/t23?,24?,27?,28?,30?,31-,32?,33?/m1/s1. The van der Waals surface area contributed by atoms with Gasteiger partial charge in [0.15, 0.2) is 0 Å². The van der Waals surface area contributed by atoms with Gasteiger partial charge >= 0.3 is 0 Å². The predicted octanol–water partition coefficient (Wildman–Crippen LogP) is 8.23. The predicted molar refractivity (Wildman–Crippen MR) is 145 cm³/mol. The largest absolute Gasteiger partial charge is 0.396 e. The van der Waals surface area contributed by atoms with Crippen LogP contribution in [0.3, 0.4) is 0 Å². The van der Waals surface area contributed by atoms with E-state index in [0.29, 0.717) is 28.8 Å². The van der Waals surface area contributed by atoms with Crippen LogP contribution in [-0.4, -0.2) is 16.7 Å². The molecule has 0 radical (unpaired) electrons. The minimum atomic E-state index is 0.151. The Bertz CT molecular complexity index is 1020. The van der Waals surface area contributed by atoms with E-state index >= 15 is 0 Å². The van der Waals surface area contributed by atoms with Crippen LogP contribution in [0.5, 0.6) is 0 Å². The smallest absolute Gasteiger partial charge is 0.0664 e. The summed E-state index contributed by atoms with van der Waals surface area (Å²) in [7, 11) is 0. The summed E-state index contributed by atoms with van der Waals surface area (Å²) in [5.41, 5.74) is 5.52. The van der Waals surface area contributed by atoms with Crippen LogP contribution in [0.25, 0.3) is 5.57 Å². The van der Waals surface area contributed by atoms with E-state index in [1.54, 1.807) is 0 Å². The van der Waals surface area contributed by atoms with Gasteiger partial charge in [-0.2, -0.15) is 0 Å². The van der Waals surface area contributed by atoms with E-state index in [-0.39, 0.29) is 10.8 Å². The molecule has 0 bridgehead atoms. The van der Waals surface area contributed by atoms with Gasteiger partial charge in [0.25, 0.3) is 0 Å². The molecule has 6 rings (SSSR count). The Morgan fingerprint density at radius 3 is 2.37 bits per heavy atom. The lowest BCUT2D eigenvalue weighted by atomic mass is 9.33. The lowest BCUT2D eigenvalue weighted by molar-refractivity contribution is -0.225. The van der Waals surface area contributed by atoms with Crippen molar-refractivity contribution >= 4 is 5.57 Å². The number of hydrogen-bond acceptors (Lipinski definition) is 2. The molecule has 1 heterocycles. The molecule has 5 aliphatic rings. The molecule has 4 fully saturated rings. The van der Waals surface area contributed by atoms with Crippen LogP contribution >= 0.6 is 0 Å². The van der Waals surface area contributed by atoms with Gasteiger partial charge < -0.3 is 5.11 Å². The fourth-order valence-corrected chi connectivity index (χ4v) is 11.6. The van der Waals surface area contributed by atoms with Crippen molar-refractivity contribution in [1.29, 1.82) is 0 Å². The third-order valence-electron chi connectivity index (χ3n) is 13.6. The average Bonchev–Trinajstić information content (AvgIpc) is 3.25. The highest BCUT2D eigenvalue weighted by Crippen LogP contribution is 2.76. The molecule has 1 aromatic rings. The van der Waals surface area contributed by atoms with Gasteiger partial charge in [0.05, 0.1) is 5.69 Å². The van der Waals surface area contributed by atoms with Crippen LogP contribution in [0.2, 0.25) is 0 Å². The highest BCUT2D eigenvalue weighted by molar-refractivity contribution is 5.69. The third-order valence-corrected chi connectivity index (χ3v) is 13.6. The number of pyridine rings is 1. The summed E-state index contributed by atoms with van der Waals surface area (Å²) in [6, 6.07) is 4.48. The van der Waals surface area contributed by atoms with E-state index in [2.05, 4.69) is 59.8 Å². The monoisotopic (exact) mass is 475 g/mol. The zero-order chi connectivity index (χ0) is 24.9. The maximum Gasteiger partial charge on any atom is 0.0664 e. The average molecular weight is 476 g/mol. The fraction of sp³-hybridized carbons (Fsp3) is 0.788. The second-order valence-corrected chi connectivity index (χ2v) is 15.0. The molecule has 0 aromatic carbocycles. The first-order valence-corrected chi connectivity index (χ1v) is 14.8. The molecule has 7 unspecified atom stereocenters. The van der Waals surface area contributed by atoms with Crippen molar-refractivity contribution in [3.8, 4) is 0 Å². The Balaban J connectivity index is 1.37. The zero-order valence-electron chi connectivity index (χ0n) is 23.3. The normalized spacial score (nSPS) is 48.3. The summed E-state index contributed by atoms with van der Waals surface area (Å²) in [6.45, 7) is 15.7. The first-order valence-electron chi connectivity index (χ1n) is 14.8. The summed E-state index contributed by atoms with van der Waals surface area (Å²) >= 11 is 0.